The molecule has 1 aliphatic heterocycles. The number of nitrogens with zero attached hydrogens (tertiary/aromatic N) is 2. The maximum atomic E-state index is 13.5. The van der Waals surface area contributed by atoms with Gasteiger partial charge in [-0.1, -0.05) is 30.0 Å². The van der Waals surface area contributed by atoms with Crippen molar-refractivity contribution in [1.82, 2.24) is 9.88 Å². The van der Waals surface area contributed by atoms with Gasteiger partial charge in [0.1, 0.15) is 18.1 Å². The van der Waals surface area contributed by atoms with Gasteiger partial charge in [0.2, 0.25) is 12.1 Å². The number of H-pyrrole nitrogens is 1. The lowest BCUT2D eigenvalue weighted by molar-refractivity contribution is -0.695. The first-order chi connectivity index (χ1) is 16.9. The number of imidazole rings is 1. The molecule has 9 heteroatoms. The summed E-state index contributed by atoms with van der Waals surface area (Å²) in [6, 6.07) is 12.0. The number of carbonyl (C=O) groups excluding carboxylic acids is 3. The van der Waals surface area contributed by atoms with Crippen LogP contribution in [0.25, 0.3) is 5.76 Å². The maximum absolute atomic E-state index is 13.5. The van der Waals surface area contributed by atoms with Gasteiger partial charge in [-0.2, -0.15) is 0 Å². The fourth-order valence-electron chi connectivity index (χ4n) is 4.17. The number of aromatic nitrogens is 2. The van der Waals surface area contributed by atoms with Crippen molar-refractivity contribution in [3.05, 3.63) is 89.5 Å². The monoisotopic (exact) mass is 475 g/mol. The fourth-order valence-corrected chi connectivity index (χ4v) is 4.17. The number of amides is 1. The van der Waals surface area contributed by atoms with Crippen LogP contribution in [0.15, 0.2) is 72.8 Å². The summed E-state index contributed by atoms with van der Waals surface area (Å²) in [5, 5.41) is 13.5. The summed E-state index contributed by atoms with van der Waals surface area (Å²) in [5.74, 6) is -2.13. The molecule has 1 N–H and O–H groups in total. The topological polar surface area (TPSA) is 116 Å². The van der Waals surface area contributed by atoms with E-state index in [0.29, 0.717) is 29.8 Å². The van der Waals surface area contributed by atoms with Crippen molar-refractivity contribution in [2.24, 2.45) is 0 Å². The first kappa shape index (κ1) is 23.7. The van der Waals surface area contributed by atoms with Gasteiger partial charge in [0.25, 0.3) is 5.91 Å². The van der Waals surface area contributed by atoms with Crippen molar-refractivity contribution in [2.45, 2.75) is 19.0 Å². The fraction of sp³-hybridized carbons (Fsp3) is 0.231. The van der Waals surface area contributed by atoms with E-state index in [0.717, 1.165) is 0 Å². The zero-order valence-corrected chi connectivity index (χ0v) is 19.4. The molecule has 1 aliphatic rings. The van der Waals surface area contributed by atoms with Gasteiger partial charge in [-0.15, -0.1) is 0 Å². The number of ether oxygens (including phenoxy) is 2. The van der Waals surface area contributed by atoms with Crippen LogP contribution in [0.4, 0.5) is 0 Å². The Bertz CT molecular complexity index is 1260. The summed E-state index contributed by atoms with van der Waals surface area (Å²) in [4.78, 5) is 42.4. The molecule has 2 heterocycles. The van der Waals surface area contributed by atoms with Crippen molar-refractivity contribution in [3.63, 3.8) is 0 Å². The minimum atomic E-state index is -0.878. The number of methoxy groups -OCH3 is 2. The first-order valence-corrected chi connectivity index (χ1v) is 11.1. The summed E-state index contributed by atoms with van der Waals surface area (Å²) in [6.45, 7) is 0.885. The molecule has 0 aliphatic carbocycles. The van der Waals surface area contributed by atoms with Gasteiger partial charge < -0.3 is 19.5 Å². The molecule has 0 saturated carbocycles. The lowest BCUT2D eigenvalue weighted by Gasteiger charge is -2.27. The molecule has 4 rings (SSSR count). The number of ketones is 1. The van der Waals surface area contributed by atoms with Gasteiger partial charge in [-0.05, 0) is 35.4 Å². The van der Waals surface area contributed by atoms with E-state index >= 15 is 0 Å². The van der Waals surface area contributed by atoms with Gasteiger partial charge in [-0.25, -0.2) is 9.36 Å². The molecule has 1 fully saturated rings. The molecule has 180 valence electrons. The Morgan fingerprint density at radius 3 is 2.54 bits per heavy atom. The highest BCUT2D eigenvalue weighted by Gasteiger charge is 2.44. The standard InChI is InChI=1S/C26H25N3O6/c1-34-20-6-3-5-19(15-20)23(30)21-22(17-7-9-18(10-8-17)26(33)35-2)29(25(32)24(21)31)13-4-12-28-14-11-27-16-28/h3,5-11,14-16,22H,4,12-13H2,1-2H3,(H,30,31). The molecule has 0 radical (unpaired) electrons. The summed E-state index contributed by atoms with van der Waals surface area (Å²) >= 11 is 0. The predicted octanol–water partition coefficient (Wildman–Crippen LogP) is 1.41. The van der Waals surface area contributed by atoms with Crippen LogP contribution in [0.3, 0.4) is 0 Å². The highest BCUT2D eigenvalue weighted by Crippen LogP contribution is 2.39. The Labute approximate surface area is 202 Å². The van der Waals surface area contributed by atoms with Gasteiger partial charge in [0.05, 0.1) is 32.4 Å². The van der Waals surface area contributed by atoms with Crippen LogP contribution < -0.4 is 14.4 Å². The van der Waals surface area contributed by atoms with Gasteiger partial charge in [0.15, 0.2) is 0 Å². The van der Waals surface area contributed by atoms with Gasteiger partial charge >= 0.3 is 5.97 Å². The normalized spacial score (nSPS) is 17.0. The predicted molar refractivity (Wildman–Crippen MR) is 123 cm³/mol. The average Bonchev–Trinajstić information content (AvgIpc) is 3.50. The number of hydrogen-bond acceptors (Lipinski definition) is 6. The number of likely N-dealkylation sites (tertiary alicyclic amines) is 1. The molecule has 1 amide bonds. The number of rotatable bonds is 8. The minimum Gasteiger partial charge on any atom is -0.872 e. The number of nitrogens with one attached hydrogen (secondary N) is 1. The number of benzene rings is 2. The first-order valence-electron chi connectivity index (χ1n) is 11.1. The molecule has 9 nitrogen and oxygen atoms in total. The molecule has 35 heavy (non-hydrogen) atoms. The molecule has 0 spiro atoms. The Balaban J connectivity index is 1.74. The Kier molecular flexibility index (Phi) is 6.96. The van der Waals surface area contributed by atoms with E-state index in [4.69, 9.17) is 9.47 Å². The summed E-state index contributed by atoms with van der Waals surface area (Å²) in [7, 11) is 2.77. The SMILES string of the molecule is COC(=O)c1ccc(C2/C(=C(\[O-])c3cccc(OC)c3)C(=O)C(=O)N2CCC[n+]2cc[nH]c2)cc1. The van der Waals surface area contributed by atoms with Crippen molar-refractivity contribution < 1.29 is 33.5 Å². The molecule has 1 atom stereocenters. The number of aromatic amines is 1. The number of aryl methyl sites for hydroxylation is 1. The highest BCUT2D eigenvalue weighted by atomic mass is 16.5. The second-order valence-electron chi connectivity index (χ2n) is 8.02. The van der Waals surface area contributed by atoms with Gasteiger partial charge in [-0.3, -0.25) is 14.6 Å². The largest absolute Gasteiger partial charge is 0.872 e. The molecule has 3 aromatic rings. The van der Waals surface area contributed by atoms with E-state index in [1.54, 1.807) is 55.0 Å². The van der Waals surface area contributed by atoms with E-state index in [2.05, 4.69) is 4.98 Å². The van der Waals surface area contributed by atoms with Crippen LogP contribution in [-0.4, -0.2) is 48.3 Å². The van der Waals surface area contributed by atoms with Crippen molar-refractivity contribution in [2.75, 3.05) is 20.8 Å². The van der Waals surface area contributed by atoms with E-state index in [9.17, 15) is 19.5 Å². The molecule has 1 aromatic heterocycles. The number of carbonyl (C=O) groups is 3. The molecule has 1 unspecified atom stereocenters. The Morgan fingerprint density at radius 2 is 1.89 bits per heavy atom. The highest BCUT2D eigenvalue weighted by molar-refractivity contribution is 6.46. The van der Waals surface area contributed by atoms with Crippen molar-refractivity contribution in [1.29, 1.82) is 0 Å². The van der Waals surface area contributed by atoms with E-state index in [1.165, 1.54) is 25.2 Å². The number of Topliss-reactive ketones (excluding diaryl/α,β-unsaturated/α-hetero) is 1. The van der Waals surface area contributed by atoms with Crippen LogP contribution in [-0.2, 0) is 20.9 Å². The minimum absolute atomic E-state index is 0.122. The average molecular weight is 476 g/mol. The third kappa shape index (κ3) is 4.79. The lowest BCUT2D eigenvalue weighted by Crippen LogP contribution is -2.36. The van der Waals surface area contributed by atoms with Crippen LogP contribution in [0.2, 0.25) is 0 Å². The van der Waals surface area contributed by atoms with E-state index in [-0.39, 0.29) is 17.7 Å². The van der Waals surface area contributed by atoms with Crippen LogP contribution in [0.1, 0.15) is 33.9 Å². The smallest absolute Gasteiger partial charge is 0.337 e. The third-order valence-corrected chi connectivity index (χ3v) is 5.93. The third-order valence-electron chi connectivity index (χ3n) is 5.93. The van der Waals surface area contributed by atoms with E-state index in [1.807, 2.05) is 10.8 Å². The number of esters is 1. The van der Waals surface area contributed by atoms with E-state index < -0.39 is 29.5 Å². The quantitative estimate of drug-likeness (QED) is 0.173. The van der Waals surface area contributed by atoms with Crippen LogP contribution in [0.5, 0.6) is 5.75 Å². The summed E-state index contributed by atoms with van der Waals surface area (Å²) < 4.78 is 11.9. The zero-order valence-electron chi connectivity index (χ0n) is 19.4. The Morgan fingerprint density at radius 1 is 1.11 bits per heavy atom. The molecular formula is C26H25N3O6. The molecular weight excluding hydrogens is 450 g/mol. The Hall–Kier alpha value is -4.40. The molecule has 2 aromatic carbocycles. The van der Waals surface area contributed by atoms with Crippen molar-refractivity contribution >= 4 is 23.4 Å². The summed E-state index contributed by atoms with van der Waals surface area (Å²) in [6.07, 6.45) is 6.02. The molecule has 1 saturated heterocycles. The molecule has 0 bridgehead atoms. The summed E-state index contributed by atoms with van der Waals surface area (Å²) in [5.41, 5.74) is 1.00. The van der Waals surface area contributed by atoms with Crippen LogP contribution >= 0.6 is 0 Å². The lowest BCUT2D eigenvalue weighted by atomic mass is 9.94. The second kappa shape index (κ2) is 10.3. The number of hydrogen-bond donors (Lipinski definition) is 1. The second-order valence-corrected chi connectivity index (χ2v) is 8.02. The zero-order chi connectivity index (χ0) is 24.9. The van der Waals surface area contributed by atoms with Crippen LogP contribution in [0, 0.1) is 0 Å². The van der Waals surface area contributed by atoms with Gasteiger partial charge in [0, 0.05) is 18.5 Å². The maximum Gasteiger partial charge on any atom is 0.337 e. The van der Waals surface area contributed by atoms with Crippen molar-refractivity contribution in [3.8, 4) is 5.75 Å².